The van der Waals surface area contributed by atoms with E-state index in [1.54, 1.807) is 55.6 Å². The third-order valence-electron chi connectivity index (χ3n) is 4.44. The van der Waals surface area contributed by atoms with Gasteiger partial charge in [-0.25, -0.2) is 0 Å². The van der Waals surface area contributed by atoms with Gasteiger partial charge in [-0.15, -0.1) is 0 Å². The van der Waals surface area contributed by atoms with Crippen LogP contribution in [0.2, 0.25) is 5.02 Å². The fraction of sp³-hybridized carbons (Fsp3) is 0.167. The van der Waals surface area contributed by atoms with Gasteiger partial charge in [0, 0.05) is 18.5 Å². The second-order valence-corrected chi connectivity index (χ2v) is 7.07. The first-order chi connectivity index (χ1) is 15.1. The lowest BCUT2D eigenvalue weighted by Crippen LogP contribution is -2.25. The predicted octanol–water partition coefficient (Wildman–Crippen LogP) is 5.29. The molecule has 160 valence electrons. The number of carbonyl (C=O) groups is 2. The van der Waals surface area contributed by atoms with E-state index >= 15 is 0 Å². The van der Waals surface area contributed by atoms with Crippen molar-refractivity contribution in [3.63, 3.8) is 0 Å². The molecule has 3 aromatic carbocycles. The number of nitrogens with one attached hydrogen (secondary N) is 2. The number of methoxy groups -OCH3 is 1. The Morgan fingerprint density at radius 3 is 2.29 bits per heavy atom. The lowest BCUT2D eigenvalue weighted by atomic mass is 10.2. The van der Waals surface area contributed by atoms with Gasteiger partial charge in [-0.05, 0) is 55.0 Å². The van der Waals surface area contributed by atoms with Crippen LogP contribution in [0.15, 0.2) is 72.8 Å². The molecule has 0 bridgehead atoms. The minimum Gasteiger partial charge on any atom is -0.497 e. The number of anilines is 1. The number of hydrogen-bond donors (Lipinski definition) is 2. The Bertz CT molecular complexity index is 1040. The normalized spacial score (nSPS) is 10.3. The highest BCUT2D eigenvalue weighted by Gasteiger charge is 2.11. The first-order valence-corrected chi connectivity index (χ1v) is 10.2. The van der Waals surface area contributed by atoms with Crippen LogP contribution in [-0.2, 0) is 4.79 Å². The fourth-order valence-electron chi connectivity index (χ4n) is 2.81. The lowest BCUT2D eigenvalue weighted by molar-refractivity contribution is -0.116. The molecule has 0 aliphatic rings. The van der Waals surface area contributed by atoms with Gasteiger partial charge >= 0.3 is 0 Å². The molecule has 0 saturated heterocycles. The van der Waals surface area contributed by atoms with Crippen molar-refractivity contribution in [1.82, 2.24) is 5.32 Å². The molecular weight excluding hydrogens is 416 g/mol. The zero-order valence-corrected chi connectivity index (χ0v) is 17.8. The molecular formula is C24H23ClN2O4. The van der Waals surface area contributed by atoms with E-state index in [1.165, 1.54) is 0 Å². The third kappa shape index (κ3) is 6.49. The van der Waals surface area contributed by atoms with E-state index in [2.05, 4.69) is 10.6 Å². The molecule has 2 amide bonds. The van der Waals surface area contributed by atoms with Gasteiger partial charge in [-0.1, -0.05) is 35.9 Å². The topological polar surface area (TPSA) is 76.7 Å². The van der Waals surface area contributed by atoms with Gasteiger partial charge in [0.2, 0.25) is 5.91 Å². The minimum absolute atomic E-state index is 0.172. The Hall–Kier alpha value is -3.51. The molecule has 3 aromatic rings. The smallest absolute Gasteiger partial charge is 0.251 e. The van der Waals surface area contributed by atoms with Crippen molar-refractivity contribution >= 4 is 29.1 Å². The number of ether oxygens (including phenoxy) is 2. The zero-order chi connectivity index (χ0) is 22.1. The summed E-state index contributed by atoms with van der Waals surface area (Å²) in [4.78, 5) is 24.5. The molecule has 0 aliphatic heterocycles. The maximum Gasteiger partial charge on any atom is 0.251 e. The van der Waals surface area contributed by atoms with E-state index in [0.29, 0.717) is 46.5 Å². The molecule has 0 spiro atoms. The molecule has 0 aromatic heterocycles. The average Bonchev–Trinajstić information content (AvgIpc) is 2.79. The molecule has 0 unspecified atom stereocenters. The highest BCUT2D eigenvalue weighted by molar-refractivity contribution is 6.32. The highest BCUT2D eigenvalue weighted by atomic mass is 35.5. The van der Waals surface area contributed by atoms with E-state index in [1.807, 2.05) is 24.3 Å². The van der Waals surface area contributed by atoms with Crippen molar-refractivity contribution in [3.05, 3.63) is 83.4 Å². The van der Waals surface area contributed by atoms with E-state index in [-0.39, 0.29) is 18.2 Å². The van der Waals surface area contributed by atoms with Crippen LogP contribution in [0.3, 0.4) is 0 Å². The largest absolute Gasteiger partial charge is 0.497 e. The number of halogens is 1. The van der Waals surface area contributed by atoms with Crippen molar-refractivity contribution in [3.8, 4) is 17.2 Å². The van der Waals surface area contributed by atoms with Crippen molar-refractivity contribution in [1.29, 1.82) is 0 Å². The summed E-state index contributed by atoms with van der Waals surface area (Å²) in [5.74, 6) is 1.33. The molecule has 0 aliphatic carbocycles. The Morgan fingerprint density at radius 1 is 0.903 bits per heavy atom. The summed E-state index contributed by atoms with van der Waals surface area (Å²) >= 11 is 6.15. The molecule has 0 heterocycles. The second kappa shape index (κ2) is 11.0. The molecule has 0 saturated carbocycles. The molecule has 0 radical (unpaired) electrons. The Kier molecular flexibility index (Phi) is 7.90. The summed E-state index contributed by atoms with van der Waals surface area (Å²) in [5.41, 5.74) is 1.09. The molecule has 3 rings (SSSR count). The molecule has 0 fully saturated rings. The van der Waals surface area contributed by atoms with Gasteiger partial charge in [0.15, 0.2) is 5.75 Å². The molecule has 2 N–H and O–H groups in total. The third-order valence-corrected chi connectivity index (χ3v) is 4.75. The van der Waals surface area contributed by atoms with Crippen LogP contribution in [0.4, 0.5) is 5.69 Å². The summed E-state index contributed by atoms with van der Waals surface area (Å²) in [6, 6.07) is 21.1. The molecule has 6 nitrogen and oxygen atoms in total. The number of para-hydroxylation sites is 3. The van der Waals surface area contributed by atoms with Gasteiger partial charge in [0.25, 0.3) is 5.91 Å². The van der Waals surface area contributed by atoms with Gasteiger partial charge in [-0.3, -0.25) is 9.59 Å². The van der Waals surface area contributed by atoms with E-state index < -0.39 is 0 Å². The van der Waals surface area contributed by atoms with Crippen molar-refractivity contribution in [2.45, 2.75) is 12.8 Å². The summed E-state index contributed by atoms with van der Waals surface area (Å²) in [7, 11) is 1.57. The summed E-state index contributed by atoms with van der Waals surface area (Å²) in [5, 5.41) is 6.14. The standard InChI is InChI=1S/C24H23ClN2O4/c1-30-18-14-12-17(13-15-18)24(29)26-16-6-11-23(28)27-20-8-3-5-10-22(20)31-21-9-4-2-7-19(21)25/h2-5,7-10,12-15H,6,11,16H2,1H3,(H,26,29)(H,27,28). The number of hydrogen-bond acceptors (Lipinski definition) is 4. The Labute approximate surface area is 186 Å². The number of rotatable bonds is 9. The Morgan fingerprint density at radius 2 is 1.58 bits per heavy atom. The number of amides is 2. The van der Waals surface area contributed by atoms with E-state index in [9.17, 15) is 9.59 Å². The summed E-state index contributed by atoms with van der Waals surface area (Å²) < 4.78 is 10.9. The van der Waals surface area contributed by atoms with E-state index in [0.717, 1.165) is 0 Å². The van der Waals surface area contributed by atoms with Crippen LogP contribution in [0, 0.1) is 0 Å². The summed E-state index contributed by atoms with van der Waals surface area (Å²) in [6.07, 6.45) is 0.755. The number of benzene rings is 3. The quantitative estimate of drug-likeness (QED) is 0.445. The summed E-state index contributed by atoms with van der Waals surface area (Å²) in [6.45, 7) is 0.385. The highest BCUT2D eigenvalue weighted by Crippen LogP contribution is 2.33. The monoisotopic (exact) mass is 438 g/mol. The van der Waals surface area contributed by atoms with Crippen LogP contribution >= 0.6 is 11.6 Å². The average molecular weight is 439 g/mol. The van der Waals surface area contributed by atoms with Gasteiger partial charge in [-0.2, -0.15) is 0 Å². The zero-order valence-electron chi connectivity index (χ0n) is 17.1. The van der Waals surface area contributed by atoms with Crippen LogP contribution in [0.5, 0.6) is 17.2 Å². The van der Waals surface area contributed by atoms with Crippen molar-refractivity contribution in [2.75, 3.05) is 19.0 Å². The van der Waals surface area contributed by atoms with Gasteiger partial charge < -0.3 is 20.1 Å². The van der Waals surface area contributed by atoms with Crippen LogP contribution in [0.25, 0.3) is 0 Å². The van der Waals surface area contributed by atoms with Gasteiger partial charge in [0.05, 0.1) is 17.8 Å². The predicted molar refractivity (Wildman–Crippen MR) is 121 cm³/mol. The fourth-order valence-corrected chi connectivity index (χ4v) is 2.99. The Balaban J connectivity index is 1.47. The van der Waals surface area contributed by atoms with Crippen LogP contribution < -0.4 is 20.1 Å². The SMILES string of the molecule is COc1ccc(C(=O)NCCCC(=O)Nc2ccccc2Oc2ccccc2Cl)cc1. The maximum absolute atomic E-state index is 12.3. The molecule has 7 heteroatoms. The van der Waals surface area contributed by atoms with Crippen LogP contribution in [-0.4, -0.2) is 25.5 Å². The van der Waals surface area contributed by atoms with Crippen LogP contribution in [0.1, 0.15) is 23.2 Å². The van der Waals surface area contributed by atoms with Crippen molar-refractivity contribution in [2.24, 2.45) is 0 Å². The first kappa shape index (κ1) is 22.2. The van der Waals surface area contributed by atoms with Gasteiger partial charge in [0.1, 0.15) is 11.5 Å². The second-order valence-electron chi connectivity index (χ2n) is 6.66. The minimum atomic E-state index is -0.193. The lowest BCUT2D eigenvalue weighted by Gasteiger charge is -2.13. The molecule has 31 heavy (non-hydrogen) atoms. The van der Waals surface area contributed by atoms with E-state index in [4.69, 9.17) is 21.1 Å². The molecule has 0 atom stereocenters. The maximum atomic E-state index is 12.3. The first-order valence-electron chi connectivity index (χ1n) is 9.80. The van der Waals surface area contributed by atoms with Crippen molar-refractivity contribution < 1.29 is 19.1 Å². The number of carbonyl (C=O) groups excluding carboxylic acids is 2.